The van der Waals surface area contributed by atoms with Gasteiger partial charge in [0, 0.05) is 21.0 Å². The van der Waals surface area contributed by atoms with E-state index in [9.17, 15) is 9.90 Å². The SMILES string of the molecule is O=C(O)c1cc2ccccc2n1Cc1ccc(I)cc1. The minimum Gasteiger partial charge on any atom is -0.477 e. The first-order valence-electron chi connectivity index (χ1n) is 6.21. The molecule has 0 fully saturated rings. The second kappa shape index (κ2) is 5.28. The molecule has 4 heteroatoms. The van der Waals surface area contributed by atoms with Crippen LogP contribution in [0, 0.1) is 3.57 Å². The van der Waals surface area contributed by atoms with E-state index in [1.807, 2.05) is 53.1 Å². The summed E-state index contributed by atoms with van der Waals surface area (Å²) in [6, 6.07) is 17.6. The Morgan fingerprint density at radius 3 is 2.50 bits per heavy atom. The molecule has 2 aromatic carbocycles. The lowest BCUT2D eigenvalue weighted by molar-refractivity contribution is 0.0686. The topological polar surface area (TPSA) is 42.2 Å². The number of carboxylic acids is 1. The van der Waals surface area contributed by atoms with E-state index in [0.717, 1.165) is 16.5 Å². The maximum atomic E-state index is 11.4. The normalized spacial score (nSPS) is 10.8. The lowest BCUT2D eigenvalue weighted by atomic mass is 10.2. The number of aromatic nitrogens is 1. The number of hydrogen-bond donors (Lipinski definition) is 1. The van der Waals surface area contributed by atoms with E-state index in [1.54, 1.807) is 6.07 Å². The summed E-state index contributed by atoms with van der Waals surface area (Å²) in [7, 11) is 0. The molecule has 0 spiro atoms. The molecule has 0 atom stereocenters. The summed E-state index contributed by atoms with van der Waals surface area (Å²) in [5.41, 5.74) is 2.36. The molecule has 1 aromatic heterocycles. The molecule has 0 aliphatic heterocycles. The molecule has 0 unspecified atom stereocenters. The average Bonchev–Trinajstić information content (AvgIpc) is 2.81. The van der Waals surface area contributed by atoms with E-state index < -0.39 is 5.97 Å². The molecule has 0 saturated carbocycles. The fraction of sp³-hybridized carbons (Fsp3) is 0.0625. The molecule has 0 bridgehead atoms. The van der Waals surface area contributed by atoms with Crippen molar-refractivity contribution < 1.29 is 9.90 Å². The Hall–Kier alpha value is -1.82. The van der Waals surface area contributed by atoms with Crippen molar-refractivity contribution in [1.29, 1.82) is 0 Å². The Morgan fingerprint density at radius 1 is 1.10 bits per heavy atom. The van der Waals surface area contributed by atoms with Crippen molar-refractivity contribution in [2.24, 2.45) is 0 Å². The maximum Gasteiger partial charge on any atom is 0.352 e. The summed E-state index contributed by atoms with van der Waals surface area (Å²) in [5.74, 6) is -0.897. The first-order valence-corrected chi connectivity index (χ1v) is 7.29. The third kappa shape index (κ3) is 2.43. The first-order chi connectivity index (χ1) is 9.65. The lowest BCUT2D eigenvalue weighted by Gasteiger charge is -2.08. The number of carbonyl (C=O) groups is 1. The first kappa shape index (κ1) is 13.2. The molecule has 0 saturated heterocycles. The zero-order chi connectivity index (χ0) is 14.1. The van der Waals surface area contributed by atoms with Crippen LogP contribution in [0.5, 0.6) is 0 Å². The molecule has 1 N–H and O–H groups in total. The van der Waals surface area contributed by atoms with Crippen LogP contribution in [0.3, 0.4) is 0 Å². The molecule has 3 rings (SSSR count). The Bertz CT molecular complexity index is 775. The van der Waals surface area contributed by atoms with E-state index in [1.165, 1.54) is 3.57 Å². The predicted molar refractivity (Wildman–Crippen MR) is 87.2 cm³/mol. The third-order valence-electron chi connectivity index (χ3n) is 3.28. The van der Waals surface area contributed by atoms with Gasteiger partial charge in [0.25, 0.3) is 0 Å². The van der Waals surface area contributed by atoms with E-state index in [-0.39, 0.29) is 0 Å². The van der Waals surface area contributed by atoms with Crippen molar-refractivity contribution in [1.82, 2.24) is 4.57 Å². The van der Waals surface area contributed by atoms with Crippen LogP contribution in [0.25, 0.3) is 10.9 Å². The Kier molecular flexibility index (Phi) is 3.48. The Labute approximate surface area is 130 Å². The summed E-state index contributed by atoms with van der Waals surface area (Å²) in [6.07, 6.45) is 0. The minimum absolute atomic E-state index is 0.324. The fourth-order valence-corrected chi connectivity index (χ4v) is 2.69. The van der Waals surface area contributed by atoms with Gasteiger partial charge in [0.15, 0.2) is 0 Å². The molecule has 3 nitrogen and oxygen atoms in total. The van der Waals surface area contributed by atoms with Crippen LogP contribution < -0.4 is 0 Å². The molecular weight excluding hydrogens is 365 g/mol. The highest BCUT2D eigenvalue weighted by Gasteiger charge is 2.14. The fourth-order valence-electron chi connectivity index (χ4n) is 2.33. The quantitative estimate of drug-likeness (QED) is 0.702. The molecular formula is C16H12INO2. The average molecular weight is 377 g/mol. The summed E-state index contributed by atoms with van der Waals surface area (Å²) in [4.78, 5) is 11.4. The van der Waals surface area contributed by atoms with Crippen molar-refractivity contribution in [2.45, 2.75) is 6.54 Å². The molecule has 100 valence electrons. The number of para-hydroxylation sites is 1. The van der Waals surface area contributed by atoms with Gasteiger partial charge in [-0.15, -0.1) is 0 Å². The van der Waals surface area contributed by atoms with Crippen LogP contribution in [-0.4, -0.2) is 15.6 Å². The van der Waals surface area contributed by atoms with Crippen LogP contribution in [0.4, 0.5) is 0 Å². The molecule has 1 heterocycles. The van der Waals surface area contributed by atoms with Crippen LogP contribution in [-0.2, 0) is 6.54 Å². The minimum atomic E-state index is -0.897. The Morgan fingerprint density at radius 2 is 1.80 bits per heavy atom. The molecule has 0 radical (unpaired) electrons. The van der Waals surface area contributed by atoms with Gasteiger partial charge in [-0.2, -0.15) is 0 Å². The number of nitrogens with zero attached hydrogens (tertiary/aromatic N) is 1. The van der Waals surface area contributed by atoms with Crippen molar-refractivity contribution in [3.05, 3.63) is 69.4 Å². The summed E-state index contributed by atoms with van der Waals surface area (Å²) in [6.45, 7) is 0.562. The zero-order valence-electron chi connectivity index (χ0n) is 10.6. The van der Waals surface area contributed by atoms with Gasteiger partial charge in [-0.05, 0) is 52.4 Å². The second-order valence-corrected chi connectivity index (χ2v) is 5.85. The summed E-state index contributed by atoms with van der Waals surface area (Å²) >= 11 is 2.26. The van der Waals surface area contributed by atoms with Crippen molar-refractivity contribution in [2.75, 3.05) is 0 Å². The molecule has 0 amide bonds. The largest absolute Gasteiger partial charge is 0.477 e. The highest BCUT2D eigenvalue weighted by Crippen LogP contribution is 2.21. The third-order valence-corrected chi connectivity index (χ3v) is 4.00. The smallest absolute Gasteiger partial charge is 0.352 e. The standard InChI is InChI=1S/C16H12INO2/c17-13-7-5-11(6-8-13)10-18-14-4-2-1-3-12(14)9-15(18)16(19)20/h1-9H,10H2,(H,19,20). The van der Waals surface area contributed by atoms with E-state index in [4.69, 9.17) is 0 Å². The van der Waals surface area contributed by atoms with Gasteiger partial charge in [-0.1, -0.05) is 30.3 Å². The van der Waals surface area contributed by atoms with Gasteiger partial charge >= 0.3 is 5.97 Å². The van der Waals surface area contributed by atoms with Gasteiger partial charge in [0.05, 0.1) is 0 Å². The van der Waals surface area contributed by atoms with Gasteiger partial charge in [0.2, 0.25) is 0 Å². The maximum absolute atomic E-state index is 11.4. The van der Waals surface area contributed by atoms with Crippen molar-refractivity contribution in [3.63, 3.8) is 0 Å². The molecule has 0 aliphatic carbocycles. The Balaban J connectivity index is 2.11. The number of aromatic carboxylic acids is 1. The van der Waals surface area contributed by atoms with Crippen molar-refractivity contribution in [3.8, 4) is 0 Å². The number of halogens is 1. The number of fused-ring (bicyclic) bond motifs is 1. The predicted octanol–water partition coefficient (Wildman–Crippen LogP) is 3.99. The molecule has 3 aromatic rings. The van der Waals surface area contributed by atoms with Gasteiger partial charge in [0.1, 0.15) is 5.69 Å². The van der Waals surface area contributed by atoms with Crippen LogP contribution in [0.2, 0.25) is 0 Å². The monoisotopic (exact) mass is 377 g/mol. The number of hydrogen-bond acceptors (Lipinski definition) is 1. The summed E-state index contributed by atoms with van der Waals surface area (Å²) in [5, 5.41) is 10.3. The van der Waals surface area contributed by atoms with Crippen LogP contribution in [0.1, 0.15) is 16.1 Å². The highest BCUT2D eigenvalue weighted by molar-refractivity contribution is 14.1. The number of rotatable bonds is 3. The van der Waals surface area contributed by atoms with Gasteiger partial charge in [-0.25, -0.2) is 4.79 Å². The zero-order valence-corrected chi connectivity index (χ0v) is 12.7. The van der Waals surface area contributed by atoms with Gasteiger partial charge < -0.3 is 9.67 Å². The molecule has 20 heavy (non-hydrogen) atoms. The van der Waals surface area contributed by atoms with Crippen LogP contribution >= 0.6 is 22.6 Å². The van der Waals surface area contributed by atoms with E-state index in [0.29, 0.717) is 12.2 Å². The lowest BCUT2D eigenvalue weighted by Crippen LogP contribution is -2.09. The second-order valence-electron chi connectivity index (χ2n) is 4.61. The van der Waals surface area contributed by atoms with E-state index in [2.05, 4.69) is 22.6 Å². The highest BCUT2D eigenvalue weighted by atomic mass is 127. The van der Waals surface area contributed by atoms with E-state index >= 15 is 0 Å². The number of benzene rings is 2. The van der Waals surface area contributed by atoms with Gasteiger partial charge in [-0.3, -0.25) is 0 Å². The van der Waals surface area contributed by atoms with Crippen LogP contribution in [0.15, 0.2) is 54.6 Å². The molecule has 0 aliphatic rings. The summed E-state index contributed by atoms with van der Waals surface area (Å²) < 4.78 is 3.02. The number of carboxylic acid groups (broad SMARTS) is 1. The van der Waals surface area contributed by atoms with Crippen molar-refractivity contribution >= 4 is 39.5 Å².